The predicted octanol–water partition coefficient (Wildman–Crippen LogP) is 5.62. The van der Waals surface area contributed by atoms with Crippen molar-refractivity contribution in [3.63, 3.8) is 0 Å². The van der Waals surface area contributed by atoms with E-state index in [2.05, 4.69) is 30.3 Å². The van der Waals surface area contributed by atoms with Crippen molar-refractivity contribution in [3.05, 3.63) is 35.7 Å². The highest BCUT2D eigenvalue weighted by molar-refractivity contribution is 7.26. The number of alkyl halides is 4. The number of nitrogens with zero attached hydrogens (tertiary/aromatic N) is 6. The lowest BCUT2D eigenvalue weighted by atomic mass is 9.94. The van der Waals surface area contributed by atoms with E-state index in [-0.39, 0.29) is 34.4 Å². The highest BCUT2D eigenvalue weighted by Gasteiger charge is 2.49. The maximum atomic E-state index is 14.6. The van der Waals surface area contributed by atoms with Gasteiger partial charge < -0.3 is 15.0 Å². The molecule has 9 nitrogen and oxygen atoms in total. The van der Waals surface area contributed by atoms with Gasteiger partial charge in [-0.25, -0.2) is 4.39 Å². The van der Waals surface area contributed by atoms with E-state index in [0.29, 0.717) is 46.0 Å². The number of rotatable bonds is 5. The van der Waals surface area contributed by atoms with Crippen LogP contribution in [-0.4, -0.2) is 86.6 Å². The summed E-state index contributed by atoms with van der Waals surface area (Å²) in [7, 11) is 0. The first kappa shape index (κ1) is 27.7. The van der Waals surface area contributed by atoms with Gasteiger partial charge in [0.05, 0.1) is 38.6 Å². The molecule has 4 fully saturated rings. The van der Waals surface area contributed by atoms with Gasteiger partial charge in [0, 0.05) is 60.7 Å². The second-order valence-electron chi connectivity index (χ2n) is 12.9. The summed E-state index contributed by atoms with van der Waals surface area (Å²) < 4.78 is 65.3. The van der Waals surface area contributed by atoms with Crippen molar-refractivity contribution in [2.45, 2.75) is 62.6 Å². The zero-order chi connectivity index (χ0) is 30.7. The van der Waals surface area contributed by atoms with Crippen molar-refractivity contribution in [1.29, 1.82) is 0 Å². The lowest BCUT2D eigenvalue weighted by Gasteiger charge is -2.31. The molecule has 2 N–H and O–H groups in total. The summed E-state index contributed by atoms with van der Waals surface area (Å²) >= 11 is 1.30. The van der Waals surface area contributed by atoms with Gasteiger partial charge in [-0.2, -0.15) is 28.2 Å². The van der Waals surface area contributed by atoms with Crippen molar-refractivity contribution in [1.82, 2.24) is 35.4 Å². The molecule has 0 amide bonds. The number of H-pyrrole nitrogens is 1. The first-order chi connectivity index (χ1) is 21.7. The smallest absolute Gasteiger partial charge is 0.417 e. The Labute approximate surface area is 259 Å². The third-order valence-corrected chi connectivity index (χ3v) is 11.3. The van der Waals surface area contributed by atoms with Gasteiger partial charge in [0.1, 0.15) is 23.4 Å². The van der Waals surface area contributed by atoms with Crippen LogP contribution in [-0.2, 0) is 6.18 Å². The molecule has 5 aromatic rings. The SMILES string of the molecule is Cc1cc2[nH]ncc2c(-c2nccc3c2sc2nc(OC[C@@]45CCCN4C[C@H](F)C5)nc(N4C[C@@H]5C[C@H]4CN5)c23)c1C(F)(F)F. The van der Waals surface area contributed by atoms with E-state index >= 15 is 0 Å². The molecule has 4 aliphatic heterocycles. The minimum Gasteiger partial charge on any atom is -0.461 e. The van der Waals surface area contributed by atoms with E-state index in [0.717, 1.165) is 55.5 Å². The van der Waals surface area contributed by atoms with Crippen LogP contribution in [0.3, 0.4) is 0 Å². The minimum absolute atomic E-state index is 0.00116. The van der Waals surface area contributed by atoms with Crippen LogP contribution in [0.15, 0.2) is 24.5 Å². The average molecular weight is 639 g/mol. The Kier molecular flexibility index (Phi) is 5.96. The Hall–Kier alpha value is -3.62. The summed E-state index contributed by atoms with van der Waals surface area (Å²) in [6.07, 6.45) is 0.790. The van der Waals surface area contributed by atoms with Gasteiger partial charge in [0.15, 0.2) is 0 Å². The predicted molar refractivity (Wildman–Crippen MR) is 164 cm³/mol. The van der Waals surface area contributed by atoms with Crippen molar-refractivity contribution in [2.75, 3.05) is 37.7 Å². The van der Waals surface area contributed by atoms with E-state index in [9.17, 15) is 17.6 Å². The fraction of sp³-hybridized carbons (Fsp3) is 0.484. The number of piperazine rings is 1. The van der Waals surface area contributed by atoms with Crippen LogP contribution in [0.25, 0.3) is 42.5 Å². The number of anilines is 1. The molecule has 8 heterocycles. The normalized spacial score (nSPS) is 26.7. The number of fused-ring (bicyclic) bond motifs is 7. The number of thiophene rings is 1. The second kappa shape index (κ2) is 9.69. The van der Waals surface area contributed by atoms with E-state index in [1.165, 1.54) is 30.5 Å². The van der Waals surface area contributed by atoms with Crippen LogP contribution in [0, 0.1) is 6.92 Å². The quantitative estimate of drug-likeness (QED) is 0.240. The number of benzene rings is 1. The molecule has 1 aromatic carbocycles. The molecule has 14 heteroatoms. The minimum atomic E-state index is -4.61. The number of hydrogen-bond acceptors (Lipinski definition) is 9. The Morgan fingerprint density at radius 2 is 2.09 bits per heavy atom. The van der Waals surface area contributed by atoms with Crippen LogP contribution in [0.5, 0.6) is 6.01 Å². The van der Waals surface area contributed by atoms with Crippen LogP contribution >= 0.6 is 11.3 Å². The maximum Gasteiger partial charge on any atom is 0.417 e. The monoisotopic (exact) mass is 638 g/mol. The first-order valence-electron chi connectivity index (χ1n) is 15.3. The summed E-state index contributed by atoms with van der Waals surface area (Å²) in [6, 6.07) is 4.10. The molecule has 2 bridgehead atoms. The van der Waals surface area contributed by atoms with Gasteiger partial charge in [0.25, 0.3) is 0 Å². The molecule has 4 atom stereocenters. The van der Waals surface area contributed by atoms with Gasteiger partial charge >= 0.3 is 12.2 Å². The van der Waals surface area contributed by atoms with E-state index in [4.69, 9.17) is 14.7 Å². The highest BCUT2D eigenvalue weighted by atomic mass is 32.1. The van der Waals surface area contributed by atoms with Crippen molar-refractivity contribution in [2.24, 2.45) is 0 Å². The molecule has 45 heavy (non-hydrogen) atoms. The van der Waals surface area contributed by atoms with Crippen molar-refractivity contribution in [3.8, 4) is 17.3 Å². The van der Waals surface area contributed by atoms with Gasteiger partial charge in [0.2, 0.25) is 0 Å². The third-order valence-electron chi connectivity index (χ3n) is 10.2. The molecule has 4 aromatic heterocycles. The van der Waals surface area contributed by atoms with E-state index in [1.54, 1.807) is 6.20 Å². The Morgan fingerprint density at radius 1 is 1.20 bits per heavy atom. The fourth-order valence-corrected chi connectivity index (χ4v) is 9.47. The van der Waals surface area contributed by atoms with Crippen molar-refractivity contribution < 1.29 is 22.3 Å². The summed E-state index contributed by atoms with van der Waals surface area (Å²) in [4.78, 5) is 19.5. The number of nitrogens with one attached hydrogen (secondary N) is 2. The Balaban J connectivity index is 1.23. The lowest BCUT2D eigenvalue weighted by molar-refractivity contribution is -0.137. The van der Waals surface area contributed by atoms with Gasteiger partial charge in [-0.05, 0) is 50.4 Å². The number of halogens is 4. The zero-order valence-electron chi connectivity index (χ0n) is 24.4. The molecule has 234 valence electrons. The van der Waals surface area contributed by atoms with E-state index < -0.39 is 17.9 Å². The highest BCUT2D eigenvalue weighted by Crippen LogP contribution is 2.49. The number of ether oxygens (including phenoxy) is 1. The Morgan fingerprint density at radius 3 is 2.89 bits per heavy atom. The van der Waals surface area contributed by atoms with E-state index in [1.807, 2.05) is 6.07 Å². The molecule has 0 aliphatic carbocycles. The molecule has 0 saturated carbocycles. The van der Waals surface area contributed by atoms with Gasteiger partial charge in [-0.3, -0.25) is 15.0 Å². The third kappa shape index (κ3) is 4.17. The average Bonchev–Trinajstić information content (AvgIpc) is 3.83. The molecular weight excluding hydrogens is 608 g/mol. The molecule has 0 radical (unpaired) electrons. The summed E-state index contributed by atoms with van der Waals surface area (Å²) in [6.45, 7) is 4.62. The van der Waals surface area contributed by atoms with Crippen molar-refractivity contribution >= 4 is 48.4 Å². The number of aryl methyl sites for hydroxylation is 1. The fourth-order valence-electron chi connectivity index (χ4n) is 8.32. The second-order valence-corrected chi connectivity index (χ2v) is 13.9. The summed E-state index contributed by atoms with van der Waals surface area (Å²) in [5.74, 6) is 0.719. The standard InChI is InChI=1S/C31H30F4N8OS/c1-15-7-21-20(11-38-41-21)22(24(15)31(33,34)35)25-26-19(3-5-36-25)23-27(43-13-17-8-18(43)10-37-17)39-29(40-28(23)45-26)44-14-30-4-2-6-42(30)12-16(32)9-30/h3,5,7,11,16-18,37H,2,4,6,8-10,12-14H2,1H3,(H,38,41)/t16-,17+,18+,30+/m1/s1. The van der Waals surface area contributed by atoms with Crippen LogP contribution in [0.1, 0.15) is 36.8 Å². The lowest BCUT2D eigenvalue weighted by Crippen LogP contribution is -2.44. The van der Waals surface area contributed by atoms with Gasteiger partial charge in [-0.1, -0.05) is 0 Å². The number of hydrogen-bond donors (Lipinski definition) is 2. The van der Waals surface area contributed by atoms with Gasteiger partial charge in [-0.15, -0.1) is 11.3 Å². The number of aromatic nitrogens is 5. The molecule has 0 unspecified atom stereocenters. The largest absolute Gasteiger partial charge is 0.461 e. The molecule has 4 saturated heterocycles. The Bertz CT molecular complexity index is 1990. The topological polar surface area (TPSA) is 95.1 Å². The number of pyridine rings is 1. The van der Waals surface area contributed by atoms with Crippen LogP contribution < -0.4 is 15.0 Å². The van der Waals surface area contributed by atoms with Crippen LogP contribution in [0.2, 0.25) is 0 Å². The first-order valence-corrected chi connectivity index (χ1v) is 16.2. The maximum absolute atomic E-state index is 14.6. The van der Waals surface area contributed by atoms with Crippen LogP contribution in [0.4, 0.5) is 23.4 Å². The molecule has 9 rings (SSSR count). The summed E-state index contributed by atoms with van der Waals surface area (Å²) in [5, 5.41) is 12.3. The summed E-state index contributed by atoms with van der Waals surface area (Å²) in [5.41, 5.74) is -0.252. The molecule has 0 spiro atoms. The molecule has 4 aliphatic rings. The number of aromatic amines is 1. The molecular formula is C31H30F4N8OS. The zero-order valence-corrected chi connectivity index (χ0v) is 25.2.